The van der Waals surface area contributed by atoms with Gasteiger partial charge in [-0.05, 0) is 31.7 Å². The van der Waals surface area contributed by atoms with E-state index in [-0.39, 0.29) is 17.2 Å². The maximum absolute atomic E-state index is 14.5. The van der Waals surface area contributed by atoms with Crippen LogP contribution >= 0.6 is 0 Å². The van der Waals surface area contributed by atoms with E-state index < -0.39 is 18.0 Å². The van der Waals surface area contributed by atoms with E-state index in [4.69, 9.17) is 9.90 Å². The molecule has 39 heavy (non-hydrogen) atoms. The van der Waals surface area contributed by atoms with Crippen molar-refractivity contribution in [2.75, 3.05) is 41.3 Å². The molecule has 3 N–H and O–H groups in total. The molecule has 2 fully saturated rings. The van der Waals surface area contributed by atoms with Gasteiger partial charge in [0, 0.05) is 67.6 Å². The Kier molecular flexibility index (Phi) is 6.83. The number of carbonyl (C=O) groups is 2. The van der Waals surface area contributed by atoms with Crippen LogP contribution in [-0.4, -0.2) is 69.4 Å². The number of carboxylic acids is 1. The van der Waals surface area contributed by atoms with Crippen molar-refractivity contribution in [1.82, 2.24) is 19.7 Å². The second kappa shape index (κ2) is 9.98. The van der Waals surface area contributed by atoms with Gasteiger partial charge in [-0.3, -0.25) is 4.90 Å². The van der Waals surface area contributed by atoms with Crippen molar-refractivity contribution < 1.29 is 32.3 Å². The van der Waals surface area contributed by atoms with E-state index >= 15 is 0 Å². The Morgan fingerprint density at radius 2 is 1.97 bits per heavy atom. The fraction of sp³-hybridized carbons (Fsp3) is 0.440. The molecular formula is C25H27F4N7O3. The zero-order valence-electron chi connectivity index (χ0n) is 21.1. The summed E-state index contributed by atoms with van der Waals surface area (Å²) in [6, 6.07) is 3.08. The number of aromatic nitrogens is 3. The highest BCUT2D eigenvalue weighted by molar-refractivity contribution is 6.03. The second-order valence-electron chi connectivity index (χ2n) is 9.79. The Hall–Kier alpha value is -3.94. The average Bonchev–Trinajstić information content (AvgIpc) is 3.28. The molecule has 208 valence electrons. The third kappa shape index (κ3) is 5.46. The lowest BCUT2D eigenvalue weighted by Gasteiger charge is -2.36. The van der Waals surface area contributed by atoms with Gasteiger partial charge in [-0.2, -0.15) is 13.2 Å². The van der Waals surface area contributed by atoms with Gasteiger partial charge < -0.3 is 25.0 Å². The highest BCUT2D eigenvalue weighted by Crippen LogP contribution is 2.41. The monoisotopic (exact) mass is 549 g/mol. The quantitative estimate of drug-likeness (QED) is 0.428. The fourth-order valence-electron chi connectivity index (χ4n) is 4.95. The third-order valence-corrected chi connectivity index (χ3v) is 7.08. The molecule has 0 radical (unpaired) electrons. The number of urea groups is 1. The number of nitrogens with zero attached hydrogens (tertiary/aromatic N) is 5. The molecule has 5 heterocycles. The number of rotatable bonds is 3. The normalized spacial score (nSPS) is 17.6. The van der Waals surface area contributed by atoms with Crippen LogP contribution in [-0.2, 0) is 17.6 Å². The topological polar surface area (TPSA) is 115 Å². The van der Waals surface area contributed by atoms with Gasteiger partial charge in [0.25, 0.3) is 0 Å². The first-order chi connectivity index (χ1) is 18.5. The predicted octanol–water partition coefficient (Wildman–Crippen LogP) is 3.60. The lowest BCUT2D eigenvalue weighted by molar-refractivity contribution is -0.192. The standard InChI is InChI=1S/C23H26FN7O.C2HF3O2/c1-2-15-12-30-13-16(11-18(24)21(30)27-15)28-22(32)31-9-4-17-19(3-7-25-20(17)31)29-10-8-26-23(14-29)5-6-23;3-2(4,5)1(6)7/h3,7,11-13,26H,2,4-6,8-10,14H2,1H3,(H,28,32);(H,6,7). The Bertz CT molecular complexity index is 1420. The molecule has 14 heteroatoms. The Balaban J connectivity index is 0.000000392. The number of anilines is 3. The minimum absolute atomic E-state index is 0.266. The van der Waals surface area contributed by atoms with Crippen molar-refractivity contribution in [2.24, 2.45) is 0 Å². The van der Waals surface area contributed by atoms with Crippen LogP contribution in [0.4, 0.5) is 39.5 Å². The van der Waals surface area contributed by atoms with Gasteiger partial charge in [0.15, 0.2) is 11.5 Å². The van der Waals surface area contributed by atoms with Crippen molar-refractivity contribution in [3.63, 3.8) is 0 Å². The Morgan fingerprint density at radius 3 is 2.64 bits per heavy atom. The molecule has 3 aromatic rings. The van der Waals surface area contributed by atoms with Crippen molar-refractivity contribution >= 4 is 34.8 Å². The molecule has 2 amide bonds. The van der Waals surface area contributed by atoms with Gasteiger partial charge in [-0.15, -0.1) is 0 Å². The first-order valence-electron chi connectivity index (χ1n) is 12.5. The van der Waals surface area contributed by atoms with E-state index in [1.165, 1.54) is 24.6 Å². The molecular weight excluding hydrogens is 522 g/mol. The van der Waals surface area contributed by atoms with Crippen LogP contribution < -0.4 is 20.4 Å². The minimum Gasteiger partial charge on any atom is -0.475 e. The van der Waals surface area contributed by atoms with Crippen molar-refractivity contribution in [3.05, 3.63) is 47.8 Å². The lowest BCUT2D eigenvalue weighted by atomic mass is 10.1. The largest absolute Gasteiger partial charge is 0.490 e. The Labute approximate surface area is 220 Å². The summed E-state index contributed by atoms with van der Waals surface area (Å²) in [6.07, 6.45) is 4.11. The molecule has 3 aliphatic rings. The van der Waals surface area contributed by atoms with E-state index in [1.54, 1.807) is 27.9 Å². The number of carboxylic acid groups (broad SMARTS) is 1. The molecule has 1 saturated carbocycles. The number of amides is 2. The van der Waals surface area contributed by atoms with Crippen LogP contribution in [0.5, 0.6) is 0 Å². The van der Waals surface area contributed by atoms with Gasteiger partial charge in [0.2, 0.25) is 0 Å². The number of pyridine rings is 2. The number of hydrogen-bond donors (Lipinski definition) is 3. The highest BCUT2D eigenvalue weighted by atomic mass is 19.4. The second-order valence-corrected chi connectivity index (χ2v) is 9.79. The third-order valence-electron chi connectivity index (χ3n) is 7.08. The summed E-state index contributed by atoms with van der Waals surface area (Å²) in [5.74, 6) is -2.52. The fourth-order valence-corrected chi connectivity index (χ4v) is 4.95. The van der Waals surface area contributed by atoms with Crippen LogP contribution in [0.25, 0.3) is 5.65 Å². The predicted molar refractivity (Wildman–Crippen MR) is 135 cm³/mol. The maximum Gasteiger partial charge on any atom is 0.490 e. The molecule has 1 aliphatic carbocycles. The van der Waals surface area contributed by atoms with E-state index in [0.717, 1.165) is 43.7 Å². The average molecular weight is 550 g/mol. The minimum atomic E-state index is -5.08. The molecule has 0 atom stereocenters. The summed E-state index contributed by atoms with van der Waals surface area (Å²) in [7, 11) is 0. The van der Waals surface area contributed by atoms with Crippen molar-refractivity contribution in [3.8, 4) is 0 Å². The highest BCUT2D eigenvalue weighted by Gasteiger charge is 2.46. The molecule has 3 aromatic heterocycles. The SMILES string of the molecule is CCc1cn2cc(NC(=O)N3CCc4c(N5CCNC6(CC6)C5)ccnc43)cc(F)c2n1.O=C(O)C(F)(F)F. The van der Waals surface area contributed by atoms with Crippen molar-refractivity contribution in [1.29, 1.82) is 0 Å². The summed E-state index contributed by atoms with van der Waals surface area (Å²) in [5.41, 5.74) is 4.03. The molecule has 0 unspecified atom stereocenters. The van der Waals surface area contributed by atoms with E-state index in [9.17, 15) is 22.4 Å². The lowest BCUT2D eigenvalue weighted by Crippen LogP contribution is -2.52. The number of nitrogens with one attached hydrogen (secondary N) is 2. The first kappa shape index (κ1) is 26.7. The molecule has 6 rings (SSSR count). The number of alkyl halides is 3. The first-order valence-corrected chi connectivity index (χ1v) is 12.5. The van der Waals surface area contributed by atoms with Gasteiger partial charge >= 0.3 is 18.2 Å². The summed E-state index contributed by atoms with van der Waals surface area (Å²) in [5, 5.41) is 13.6. The van der Waals surface area contributed by atoms with Gasteiger partial charge in [-0.1, -0.05) is 6.92 Å². The van der Waals surface area contributed by atoms with Crippen LogP contribution in [0.2, 0.25) is 0 Å². The smallest absolute Gasteiger partial charge is 0.475 e. The zero-order valence-corrected chi connectivity index (χ0v) is 21.1. The summed E-state index contributed by atoms with van der Waals surface area (Å²) in [6.45, 7) is 5.45. The summed E-state index contributed by atoms with van der Waals surface area (Å²) >= 11 is 0. The molecule has 0 bridgehead atoms. The zero-order chi connectivity index (χ0) is 27.9. The van der Waals surface area contributed by atoms with Gasteiger partial charge in [0.1, 0.15) is 5.82 Å². The number of halogens is 4. The molecule has 0 aromatic carbocycles. The van der Waals surface area contributed by atoms with Crippen molar-refractivity contribution in [2.45, 2.75) is 44.3 Å². The number of aliphatic carboxylic acids is 1. The van der Waals surface area contributed by atoms with Crippen LogP contribution in [0.1, 0.15) is 31.0 Å². The number of imidazole rings is 1. The van der Waals surface area contributed by atoms with E-state index in [0.29, 0.717) is 18.1 Å². The number of piperazine rings is 1. The van der Waals surface area contributed by atoms with Crippen LogP contribution in [0, 0.1) is 5.82 Å². The van der Waals surface area contributed by atoms with Crippen LogP contribution in [0.15, 0.2) is 30.7 Å². The maximum atomic E-state index is 14.5. The van der Waals surface area contributed by atoms with Crippen LogP contribution in [0.3, 0.4) is 0 Å². The van der Waals surface area contributed by atoms with E-state index in [1.807, 2.05) is 6.92 Å². The van der Waals surface area contributed by atoms with Gasteiger partial charge in [-0.25, -0.2) is 23.9 Å². The summed E-state index contributed by atoms with van der Waals surface area (Å²) in [4.78, 5) is 34.9. The molecule has 1 saturated heterocycles. The molecule has 1 spiro atoms. The Morgan fingerprint density at radius 1 is 1.23 bits per heavy atom. The molecule has 10 nitrogen and oxygen atoms in total. The number of fused-ring (bicyclic) bond motifs is 2. The summed E-state index contributed by atoms with van der Waals surface area (Å²) < 4.78 is 47.9. The number of aryl methyl sites for hydroxylation is 1. The van der Waals surface area contributed by atoms with Gasteiger partial charge in [0.05, 0.1) is 11.4 Å². The number of hydrogen-bond acceptors (Lipinski definition) is 6. The van der Waals surface area contributed by atoms with E-state index in [2.05, 4.69) is 31.6 Å². The number of carbonyl (C=O) groups excluding carboxylic acids is 1. The molecule has 2 aliphatic heterocycles.